The average molecular weight is 264 g/mol. The summed E-state index contributed by atoms with van der Waals surface area (Å²) in [7, 11) is 0. The quantitative estimate of drug-likeness (QED) is 0.710. The monoisotopic (exact) mass is 264 g/mol. The maximum atomic E-state index is 11.7. The van der Waals surface area contributed by atoms with E-state index in [2.05, 4.69) is 31.4 Å². The minimum Gasteiger partial charge on any atom is -0.493 e. The van der Waals surface area contributed by atoms with Gasteiger partial charge in [0.05, 0.1) is 13.2 Å². The molecule has 0 bridgehead atoms. The van der Waals surface area contributed by atoms with Crippen LogP contribution in [0.3, 0.4) is 0 Å². The highest BCUT2D eigenvalue weighted by Gasteiger charge is 2.03. The van der Waals surface area contributed by atoms with Gasteiger partial charge in [-0.1, -0.05) is 26.8 Å². The molecular formula is C15H24N2O2. The lowest BCUT2D eigenvalue weighted by atomic mass is 10.2. The first kappa shape index (κ1) is 15.5. The zero-order valence-corrected chi connectivity index (χ0v) is 12.0. The molecule has 0 saturated carbocycles. The van der Waals surface area contributed by atoms with Gasteiger partial charge >= 0.3 is 0 Å². The molecule has 0 saturated heterocycles. The van der Waals surface area contributed by atoms with Crippen LogP contribution in [-0.2, 0) is 4.79 Å². The Hall–Kier alpha value is -1.55. The molecule has 19 heavy (non-hydrogen) atoms. The van der Waals surface area contributed by atoms with Crippen molar-refractivity contribution in [1.82, 2.24) is 5.32 Å². The second-order valence-electron chi connectivity index (χ2n) is 4.96. The Morgan fingerprint density at radius 2 is 2.16 bits per heavy atom. The van der Waals surface area contributed by atoms with Crippen molar-refractivity contribution >= 4 is 11.6 Å². The summed E-state index contributed by atoms with van der Waals surface area (Å²) >= 11 is 0. The Bertz CT molecular complexity index is 391. The third kappa shape index (κ3) is 6.82. The summed E-state index contributed by atoms with van der Waals surface area (Å²) < 4.78 is 5.62. The molecule has 2 N–H and O–H groups in total. The first-order valence-corrected chi connectivity index (χ1v) is 6.85. The number of benzene rings is 1. The maximum Gasteiger partial charge on any atom is 0.238 e. The number of carbonyl (C=O) groups is 1. The van der Waals surface area contributed by atoms with Gasteiger partial charge in [-0.15, -0.1) is 0 Å². The van der Waals surface area contributed by atoms with E-state index in [-0.39, 0.29) is 5.91 Å². The summed E-state index contributed by atoms with van der Waals surface area (Å²) in [6.07, 6.45) is 1.02. The van der Waals surface area contributed by atoms with Crippen LogP contribution in [0.4, 0.5) is 5.69 Å². The smallest absolute Gasteiger partial charge is 0.238 e. The van der Waals surface area contributed by atoms with Crippen LogP contribution in [0, 0.1) is 5.92 Å². The van der Waals surface area contributed by atoms with Gasteiger partial charge in [0.1, 0.15) is 5.75 Å². The number of anilines is 1. The fraction of sp³-hybridized carbons (Fsp3) is 0.533. The topological polar surface area (TPSA) is 50.4 Å². The summed E-state index contributed by atoms with van der Waals surface area (Å²) in [5.74, 6) is 1.24. The Kier molecular flexibility index (Phi) is 6.97. The molecule has 0 aliphatic rings. The van der Waals surface area contributed by atoms with Gasteiger partial charge in [0.15, 0.2) is 0 Å². The molecule has 1 aromatic carbocycles. The van der Waals surface area contributed by atoms with Gasteiger partial charge in [-0.25, -0.2) is 0 Å². The van der Waals surface area contributed by atoms with Crippen molar-refractivity contribution in [2.75, 3.05) is 25.0 Å². The number of hydrogen-bond acceptors (Lipinski definition) is 3. The van der Waals surface area contributed by atoms with Crippen LogP contribution in [0.15, 0.2) is 24.3 Å². The second-order valence-corrected chi connectivity index (χ2v) is 4.96. The van der Waals surface area contributed by atoms with Crippen molar-refractivity contribution in [2.45, 2.75) is 27.2 Å². The Morgan fingerprint density at radius 3 is 2.84 bits per heavy atom. The lowest BCUT2D eigenvalue weighted by Gasteiger charge is -2.11. The lowest BCUT2D eigenvalue weighted by Crippen LogP contribution is -2.28. The van der Waals surface area contributed by atoms with E-state index in [1.807, 2.05) is 24.3 Å². The summed E-state index contributed by atoms with van der Waals surface area (Å²) in [5, 5.41) is 5.91. The zero-order chi connectivity index (χ0) is 14.1. The standard InChI is InChI=1S/C15H24N2O2/c1-4-8-16-10-15(18)17-13-6-5-7-14(9-13)19-11-12(2)3/h5-7,9,12,16H,4,8,10-11H2,1-3H3,(H,17,18). The van der Waals surface area contributed by atoms with E-state index in [1.165, 1.54) is 0 Å². The van der Waals surface area contributed by atoms with Crippen LogP contribution in [-0.4, -0.2) is 25.6 Å². The van der Waals surface area contributed by atoms with Crippen molar-refractivity contribution < 1.29 is 9.53 Å². The molecule has 106 valence electrons. The van der Waals surface area contributed by atoms with E-state index in [1.54, 1.807) is 0 Å². The first-order valence-electron chi connectivity index (χ1n) is 6.85. The molecule has 0 fully saturated rings. The van der Waals surface area contributed by atoms with Crippen molar-refractivity contribution in [3.8, 4) is 5.75 Å². The lowest BCUT2D eigenvalue weighted by molar-refractivity contribution is -0.115. The van der Waals surface area contributed by atoms with E-state index < -0.39 is 0 Å². The van der Waals surface area contributed by atoms with Crippen LogP contribution < -0.4 is 15.4 Å². The molecule has 0 unspecified atom stereocenters. The molecule has 0 aromatic heterocycles. The third-order valence-electron chi connectivity index (χ3n) is 2.41. The Morgan fingerprint density at radius 1 is 1.37 bits per heavy atom. The molecule has 4 nitrogen and oxygen atoms in total. The molecule has 0 aliphatic heterocycles. The molecule has 0 atom stereocenters. The van der Waals surface area contributed by atoms with Gasteiger partial charge < -0.3 is 15.4 Å². The average Bonchev–Trinajstić information content (AvgIpc) is 2.37. The van der Waals surface area contributed by atoms with E-state index in [9.17, 15) is 4.79 Å². The number of nitrogens with one attached hydrogen (secondary N) is 2. The summed E-state index contributed by atoms with van der Waals surface area (Å²) in [4.78, 5) is 11.7. The number of hydrogen-bond donors (Lipinski definition) is 2. The molecule has 4 heteroatoms. The predicted molar refractivity (Wildman–Crippen MR) is 78.6 cm³/mol. The first-order chi connectivity index (χ1) is 9.11. The summed E-state index contributed by atoms with van der Waals surface area (Å²) in [6, 6.07) is 7.48. The van der Waals surface area contributed by atoms with Gasteiger partial charge in [-0.2, -0.15) is 0 Å². The SMILES string of the molecule is CCCNCC(=O)Nc1cccc(OCC(C)C)c1. The van der Waals surface area contributed by atoms with Crippen LogP contribution >= 0.6 is 0 Å². The van der Waals surface area contributed by atoms with E-state index in [4.69, 9.17) is 4.74 Å². The molecule has 0 spiro atoms. The van der Waals surface area contributed by atoms with Gasteiger partial charge in [-0.05, 0) is 31.0 Å². The third-order valence-corrected chi connectivity index (χ3v) is 2.41. The van der Waals surface area contributed by atoms with E-state index in [0.717, 1.165) is 24.4 Å². The van der Waals surface area contributed by atoms with Gasteiger partial charge in [0.25, 0.3) is 0 Å². The van der Waals surface area contributed by atoms with Gasteiger partial charge in [0, 0.05) is 11.8 Å². The van der Waals surface area contributed by atoms with E-state index in [0.29, 0.717) is 19.1 Å². The van der Waals surface area contributed by atoms with E-state index >= 15 is 0 Å². The van der Waals surface area contributed by atoms with Crippen LogP contribution in [0.25, 0.3) is 0 Å². The van der Waals surface area contributed by atoms with Crippen molar-refractivity contribution in [3.63, 3.8) is 0 Å². The molecule has 1 rings (SSSR count). The minimum atomic E-state index is -0.0329. The Labute approximate surface area is 115 Å². The molecule has 0 heterocycles. The van der Waals surface area contributed by atoms with Gasteiger partial charge in [-0.3, -0.25) is 4.79 Å². The van der Waals surface area contributed by atoms with Crippen molar-refractivity contribution in [2.24, 2.45) is 5.92 Å². The highest BCUT2D eigenvalue weighted by molar-refractivity contribution is 5.92. The molecule has 0 radical (unpaired) electrons. The summed E-state index contributed by atoms with van der Waals surface area (Å²) in [6.45, 7) is 8.14. The number of rotatable bonds is 8. The normalized spacial score (nSPS) is 10.5. The zero-order valence-electron chi connectivity index (χ0n) is 12.0. The number of ether oxygens (including phenoxy) is 1. The largest absolute Gasteiger partial charge is 0.493 e. The van der Waals surface area contributed by atoms with Crippen molar-refractivity contribution in [3.05, 3.63) is 24.3 Å². The highest BCUT2D eigenvalue weighted by atomic mass is 16.5. The minimum absolute atomic E-state index is 0.0329. The highest BCUT2D eigenvalue weighted by Crippen LogP contribution is 2.17. The molecule has 0 aliphatic carbocycles. The summed E-state index contributed by atoms with van der Waals surface area (Å²) in [5.41, 5.74) is 0.768. The van der Waals surface area contributed by atoms with Crippen LogP contribution in [0.2, 0.25) is 0 Å². The second kappa shape index (κ2) is 8.53. The Balaban J connectivity index is 2.45. The fourth-order valence-corrected chi connectivity index (χ4v) is 1.51. The predicted octanol–water partition coefficient (Wildman–Crippen LogP) is 2.66. The molecule has 1 amide bonds. The maximum absolute atomic E-state index is 11.7. The van der Waals surface area contributed by atoms with Crippen molar-refractivity contribution in [1.29, 1.82) is 0 Å². The number of amides is 1. The van der Waals surface area contributed by atoms with Crippen LogP contribution in [0.1, 0.15) is 27.2 Å². The fourth-order valence-electron chi connectivity index (χ4n) is 1.51. The van der Waals surface area contributed by atoms with Crippen LogP contribution in [0.5, 0.6) is 5.75 Å². The molecular weight excluding hydrogens is 240 g/mol. The molecule has 1 aromatic rings. The number of carbonyl (C=O) groups excluding carboxylic acids is 1. The van der Waals surface area contributed by atoms with Gasteiger partial charge in [0.2, 0.25) is 5.91 Å².